The first-order valence-electron chi connectivity index (χ1n) is 6.04. The Morgan fingerprint density at radius 1 is 1.23 bits per heavy atom. The number of benzene rings is 1. The molecule has 0 unspecified atom stereocenters. The molecule has 114 valence electrons. The molecule has 0 saturated carbocycles. The summed E-state index contributed by atoms with van der Waals surface area (Å²) in [6.45, 7) is 0. The highest BCUT2D eigenvalue weighted by molar-refractivity contribution is 6.45. The van der Waals surface area contributed by atoms with Crippen LogP contribution in [0.3, 0.4) is 0 Å². The van der Waals surface area contributed by atoms with Crippen molar-refractivity contribution in [2.75, 3.05) is 0 Å². The molecule has 5 nitrogen and oxygen atoms in total. The Kier molecular flexibility index (Phi) is 5.24. The molecule has 0 bridgehead atoms. The summed E-state index contributed by atoms with van der Waals surface area (Å²) in [5.41, 5.74) is 2.17. The van der Waals surface area contributed by atoms with Crippen LogP contribution in [0.4, 0.5) is 0 Å². The molecule has 0 fully saturated rings. The summed E-state index contributed by atoms with van der Waals surface area (Å²) in [5.74, 6) is -0.633. The summed E-state index contributed by atoms with van der Waals surface area (Å²) in [5, 5.41) is 4.63. The van der Waals surface area contributed by atoms with E-state index in [-0.39, 0.29) is 10.6 Å². The number of carbonyl (C=O) groups excluding carboxylic acids is 1. The zero-order valence-electron chi connectivity index (χ0n) is 11.3. The summed E-state index contributed by atoms with van der Waals surface area (Å²) in [4.78, 5) is 23.7. The lowest BCUT2D eigenvalue weighted by Gasteiger charge is -2.04. The quantitative estimate of drug-likeness (QED) is 0.520. The van der Waals surface area contributed by atoms with Gasteiger partial charge in [-0.1, -0.05) is 34.8 Å². The van der Waals surface area contributed by atoms with Gasteiger partial charge < -0.3 is 4.57 Å². The SMILES string of the molecule is Cn1cccc(C(=O)N/N=C\c2c(Cl)ccc(Cl)c2Cl)c1=O. The smallest absolute Gasteiger partial charge is 0.276 e. The third-order valence-corrected chi connectivity index (χ3v) is 3.96. The number of rotatable bonds is 3. The largest absolute Gasteiger partial charge is 0.318 e. The van der Waals surface area contributed by atoms with Gasteiger partial charge in [0.25, 0.3) is 11.5 Å². The van der Waals surface area contributed by atoms with Crippen LogP contribution in [0.5, 0.6) is 0 Å². The van der Waals surface area contributed by atoms with Gasteiger partial charge in [0.1, 0.15) is 5.56 Å². The van der Waals surface area contributed by atoms with Crippen LogP contribution in [-0.4, -0.2) is 16.7 Å². The van der Waals surface area contributed by atoms with Crippen LogP contribution < -0.4 is 11.0 Å². The molecule has 2 rings (SSSR count). The number of aryl methyl sites for hydroxylation is 1. The van der Waals surface area contributed by atoms with Gasteiger partial charge in [-0.3, -0.25) is 9.59 Å². The zero-order chi connectivity index (χ0) is 16.3. The number of hydrogen-bond donors (Lipinski definition) is 1. The van der Waals surface area contributed by atoms with Crippen molar-refractivity contribution in [3.05, 3.63) is 67.0 Å². The number of halogens is 3. The van der Waals surface area contributed by atoms with Crippen LogP contribution in [0.25, 0.3) is 0 Å². The number of nitrogens with one attached hydrogen (secondary N) is 1. The topological polar surface area (TPSA) is 63.5 Å². The van der Waals surface area contributed by atoms with E-state index in [1.54, 1.807) is 31.4 Å². The molecule has 1 amide bonds. The Hall–Kier alpha value is -1.82. The number of carbonyl (C=O) groups is 1. The molecule has 1 N–H and O–H groups in total. The van der Waals surface area contributed by atoms with Crippen LogP contribution in [0.15, 0.2) is 40.4 Å². The van der Waals surface area contributed by atoms with Crippen molar-refractivity contribution >= 4 is 46.9 Å². The van der Waals surface area contributed by atoms with Crippen LogP contribution in [0.1, 0.15) is 15.9 Å². The average Bonchev–Trinajstić information content (AvgIpc) is 2.49. The van der Waals surface area contributed by atoms with E-state index < -0.39 is 11.5 Å². The molecule has 1 aromatic carbocycles. The van der Waals surface area contributed by atoms with Crippen molar-refractivity contribution in [1.82, 2.24) is 9.99 Å². The van der Waals surface area contributed by atoms with Crippen LogP contribution in [-0.2, 0) is 7.05 Å². The van der Waals surface area contributed by atoms with Crippen LogP contribution in [0.2, 0.25) is 15.1 Å². The first-order chi connectivity index (χ1) is 10.4. The summed E-state index contributed by atoms with van der Waals surface area (Å²) in [7, 11) is 1.55. The summed E-state index contributed by atoms with van der Waals surface area (Å²) in [6, 6.07) is 6.11. The molecule has 1 heterocycles. The Morgan fingerprint density at radius 3 is 2.64 bits per heavy atom. The molecule has 1 aromatic heterocycles. The molecule has 0 radical (unpaired) electrons. The normalized spacial score (nSPS) is 10.9. The second-order valence-corrected chi connectivity index (χ2v) is 5.49. The molecule has 22 heavy (non-hydrogen) atoms. The maximum absolute atomic E-state index is 11.9. The average molecular weight is 359 g/mol. The Morgan fingerprint density at radius 2 is 1.91 bits per heavy atom. The predicted octanol–water partition coefficient (Wildman–Crippen LogP) is 3.11. The van der Waals surface area contributed by atoms with Crippen LogP contribution in [0, 0.1) is 0 Å². The van der Waals surface area contributed by atoms with E-state index in [0.29, 0.717) is 15.6 Å². The summed E-state index contributed by atoms with van der Waals surface area (Å²) in [6.07, 6.45) is 2.82. The van der Waals surface area contributed by atoms with Gasteiger partial charge in [-0.2, -0.15) is 5.10 Å². The number of aromatic nitrogens is 1. The van der Waals surface area contributed by atoms with E-state index >= 15 is 0 Å². The first-order valence-corrected chi connectivity index (χ1v) is 7.17. The fourth-order valence-corrected chi connectivity index (χ4v) is 2.28. The van der Waals surface area contributed by atoms with Gasteiger partial charge in [0.15, 0.2) is 0 Å². The molecule has 2 aromatic rings. The minimum absolute atomic E-state index is 0.0227. The molecule has 0 spiro atoms. The summed E-state index contributed by atoms with van der Waals surface area (Å²) < 4.78 is 1.29. The van der Waals surface area contributed by atoms with E-state index in [0.717, 1.165) is 0 Å². The van der Waals surface area contributed by atoms with E-state index in [4.69, 9.17) is 34.8 Å². The zero-order valence-corrected chi connectivity index (χ0v) is 13.6. The fraction of sp³-hybridized carbons (Fsp3) is 0.0714. The Balaban J connectivity index is 2.20. The highest BCUT2D eigenvalue weighted by atomic mass is 35.5. The molecule has 0 aliphatic heterocycles. The second-order valence-electron chi connectivity index (χ2n) is 4.29. The molecule has 8 heteroatoms. The lowest BCUT2D eigenvalue weighted by atomic mass is 10.2. The molecule has 0 aliphatic carbocycles. The molecular weight excluding hydrogens is 349 g/mol. The van der Waals surface area contributed by atoms with Crippen molar-refractivity contribution in [3.8, 4) is 0 Å². The van der Waals surface area contributed by atoms with Gasteiger partial charge in [0, 0.05) is 18.8 Å². The third kappa shape index (κ3) is 3.50. The van der Waals surface area contributed by atoms with E-state index in [1.807, 2.05) is 0 Å². The standard InChI is InChI=1S/C14H10Cl3N3O2/c1-20-6-2-3-8(14(20)22)13(21)19-18-7-9-10(15)4-5-11(16)12(9)17/h2-7H,1H3,(H,19,21)/b18-7-. The van der Waals surface area contributed by atoms with Crippen molar-refractivity contribution in [1.29, 1.82) is 0 Å². The number of pyridine rings is 1. The maximum atomic E-state index is 11.9. The van der Waals surface area contributed by atoms with Crippen molar-refractivity contribution < 1.29 is 4.79 Å². The first kappa shape index (κ1) is 16.5. The lowest BCUT2D eigenvalue weighted by molar-refractivity contribution is 0.0953. The van der Waals surface area contributed by atoms with E-state index in [2.05, 4.69) is 10.5 Å². The number of hydrogen-bond acceptors (Lipinski definition) is 3. The van der Waals surface area contributed by atoms with Gasteiger partial charge in [-0.25, -0.2) is 5.43 Å². The molecule has 0 saturated heterocycles. The van der Waals surface area contributed by atoms with Gasteiger partial charge >= 0.3 is 0 Å². The van der Waals surface area contributed by atoms with Gasteiger partial charge in [0.2, 0.25) is 0 Å². The van der Waals surface area contributed by atoms with Crippen molar-refractivity contribution in [2.24, 2.45) is 12.1 Å². The minimum atomic E-state index is -0.633. The number of amides is 1. The Bertz CT molecular complexity index is 815. The minimum Gasteiger partial charge on any atom is -0.318 e. The molecular formula is C14H10Cl3N3O2. The highest BCUT2D eigenvalue weighted by Gasteiger charge is 2.11. The summed E-state index contributed by atoms with van der Waals surface area (Å²) >= 11 is 17.9. The Labute approximate surface area is 141 Å². The highest BCUT2D eigenvalue weighted by Crippen LogP contribution is 2.29. The predicted molar refractivity (Wildman–Crippen MR) is 88.2 cm³/mol. The van der Waals surface area contributed by atoms with E-state index in [9.17, 15) is 9.59 Å². The van der Waals surface area contributed by atoms with E-state index in [1.165, 1.54) is 16.8 Å². The van der Waals surface area contributed by atoms with Gasteiger partial charge in [0.05, 0.1) is 21.3 Å². The van der Waals surface area contributed by atoms with Gasteiger partial charge in [-0.05, 0) is 24.3 Å². The van der Waals surface area contributed by atoms with Gasteiger partial charge in [-0.15, -0.1) is 0 Å². The molecule has 0 atom stereocenters. The van der Waals surface area contributed by atoms with Crippen LogP contribution >= 0.6 is 34.8 Å². The number of nitrogens with zero attached hydrogens (tertiary/aromatic N) is 2. The monoisotopic (exact) mass is 357 g/mol. The molecule has 0 aliphatic rings. The second kappa shape index (κ2) is 6.96. The maximum Gasteiger partial charge on any atom is 0.276 e. The van der Waals surface area contributed by atoms with Crippen molar-refractivity contribution in [2.45, 2.75) is 0 Å². The fourth-order valence-electron chi connectivity index (χ4n) is 1.65. The number of hydrazone groups is 1. The lowest BCUT2D eigenvalue weighted by Crippen LogP contribution is -2.29. The van der Waals surface area contributed by atoms with Crippen molar-refractivity contribution in [3.63, 3.8) is 0 Å². The third-order valence-electron chi connectivity index (χ3n) is 2.81.